The van der Waals surface area contributed by atoms with Gasteiger partial charge in [0.25, 0.3) is 0 Å². The minimum absolute atomic E-state index is 0.0248. The van der Waals surface area contributed by atoms with Crippen molar-refractivity contribution in [2.24, 2.45) is 5.92 Å². The highest BCUT2D eigenvalue weighted by molar-refractivity contribution is 7.88. The van der Waals surface area contributed by atoms with Crippen LogP contribution in [0.25, 0.3) is 55.7 Å². The van der Waals surface area contributed by atoms with Crippen LogP contribution in [-0.2, 0) is 21.4 Å². The molecular weight excluding hydrogens is 621 g/mol. The first-order valence-electron chi connectivity index (χ1n) is 15.2. The Morgan fingerprint density at radius 3 is 2.68 bits per heavy atom. The van der Waals surface area contributed by atoms with Gasteiger partial charge in [0, 0.05) is 41.7 Å². The molecule has 1 saturated heterocycles. The van der Waals surface area contributed by atoms with Crippen LogP contribution in [0.2, 0.25) is 0 Å². The van der Waals surface area contributed by atoms with Gasteiger partial charge < -0.3 is 15.6 Å². The van der Waals surface area contributed by atoms with Crippen molar-refractivity contribution in [3.63, 3.8) is 0 Å². The van der Waals surface area contributed by atoms with Crippen LogP contribution in [0.4, 0.5) is 10.1 Å². The maximum Gasteiger partial charge on any atom is 0.224 e. The number of hydrogen-bond acceptors (Lipinski definition) is 8. The first-order chi connectivity index (χ1) is 22.7. The van der Waals surface area contributed by atoms with Crippen molar-refractivity contribution in [2.75, 3.05) is 24.7 Å². The highest BCUT2D eigenvalue weighted by Crippen LogP contribution is 2.35. The molecule has 1 aliphatic heterocycles. The Bertz CT molecular complexity index is 2230. The van der Waals surface area contributed by atoms with Crippen molar-refractivity contribution in [3.05, 3.63) is 78.6 Å². The van der Waals surface area contributed by atoms with Gasteiger partial charge in [-0.2, -0.15) is 5.10 Å². The summed E-state index contributed by atoms with van der Waals surface area (Å²) < 4.78 is 40.2. The Morgan fingerprint density at radius 2 is 1.85 bits per heavy atom. The number of anilines is 1. The number of nitrogens with one attached hydrogen (secondary N) is 5. The predicted octanol–water partition coefficient (Wildman–Crippen LogP) is 4.75. The van der Waals surface area contributed by atoms with Gasteiger partial charge >= 0.3 is 0 Å². The summed E-state index contributed by atoms with van der Waals surface area (Å²) in [4.78, 5) is 29.5. The quantitative estimate of drug-likeness (QED) is 0.149. The van der Waals surface area contributed by atoms with Crippen molar-refractivity contribution in [2.45, 2.75) is 25.8 Å². The molecular formula is C33H32FN9O3S. The summed E-state index contributed by atoms with van der Waals surface area (Å²) in [5.41, 5.74) is 6.45. The van der Waals surface area contributed by atoms with Gasteiger partial charge in [-0.3, -0.25) is 19.9 Å². The first kappa shape index (κ1) is 30.6. The number of aromatic amines is 2. The van der Waals surface area contributed by atoms with Crippen LogP contribution in [0.3, 0.4) is 0 Å². The largest absolute Gasteiger partial charge is 0.338 e. The van der Waals surface area contributed by atoms with Gasteiger partial charge in [0.1, 0.15) is 17.2 Å². The Balaban J connectivity index is 1.18. The van der Waals surface area contributed by atoms with Gasteiger partial charge in [0.15, 0.2) is 0 Å². The third kappa shape index (κ3) is 6.89. The molecule has 1 aromatic carbocycles. The summed E-state index contributed by atoms with van der Waals surface area (Å²) >= 11 is 0. The molecule has 0 spiro atoms. The number of hydrogen-bond donors (Lipinski definition) is 5. The summed E-state index contributed by atoms with van der Waals surface area (Å²) in [6.07, 6.45) is 10.2. The Labute approximate surface area is 269 Å². The lowest BCUT2D eigenvalue weighted by Crippen LogP contribution is -2.30. The molecule has 47 heavy (non-hydrogen) atoms. The molecule has 1 amide bonds. The third-order valence-corrected chi connectivity index (χ3v) is 8.96. The number of benzene rings is 1. The summed E-state index contributed by atoms with van der Waals surface area (Å²) in [5, 5.41) is 15.5. The lowest BCUT2D eigenvalue weighted by Gasteiger charge is -2.21. The van der Waals surface area contributed by atoms with Gasteiger partial charge in [-0.25, -0.2) is 22.5 Å². The Kier molecular flexibility index (Phi) is 8.22. The van der Waals surface area contributed by atoms with E-state index in [1.54, 1.807) is 36.9 Å². The maximum absolute atomic E-state index is 14.6. The Morgan fingerprint density at radius 1 is 1.00 bits per heavy atom. The SMILES string of the molecule is CS(=O)(=O)NCc1cc(F)cc(-c2ccnc3[nH]c(-c4n[nH]c5cnc(-c6cncc(NC(=O)CC7CCNCC7)c6)cc45)cc23)c1. The van der Waals surface area contributed by atoms with Crippen molar-refractivity contribution in [1.82, 2.24) is 40.2 Å². The minimum Gasteiger partial charge on any atom is -0.338 e. The van der Waals surface area contributed by atoms with Crippen LogP contribution in [0.15, 0.2) is 67.3 Å². The van der Waals surface area contributed by atoms with E-state index in [0.29, 0.717) is 51.9 Å². The molecule has 0 bridgehead atoms. The highest BCUT2D eigenvalue weighted by Gasteiger charge is 2.19. The van der Waals surface area contributed by atoms with Crippen molar-refractivity contribution in [1.29, 1.82) is 0 Å². The fraction of sp³-hybridized carbons (Fsp3) is 0.242. The van der Waals surface area contributed by atoms with Crippen LogP contribution in [0, 0.1) is 11.7 Å². The van der Waals surface area contributed by atoms with E-state index in [9.17, 15) is 17.6 Å². The van der Waals surface area contributed by atoms with E-state index in [0.717, 1.165) is 59.6 Å². The second kappa shape index (κ2) is 12.6. The van der Waals surface area contributed by atoms with Crippen LogP contribution in [-0.4, -0.2) is 63.8 Å². The number of halogens is 1. The number of rotatable bonds is 9. The monoisotopic (exact) mass is 653 g/mol. The van der Waals surface area contributed by atoms with E-state index in [1.165, 1.54) is 12.1 Å². The van der Waals surface area contributed by atoms with Crippen LogP contribution >= 0.6 is 0 Å². The summed E-state index contributed by atoms with van der Waals surface area (Å²) in [6.45, 7) is 1.85. The lowest BCUT2D eigenvalue weighted by atomic mass is 9.94. The number of H-pyrrole nitrogens is 2. The number of aromatic nitrogens is 6. The minimum atomic E-state index is -3.44. The molecule has 0 unspecified atom stereocenters. The molecule has 5 N–H and O–H groups in total. The molecule has 5 aromatic heterocycles. The molecule has 6 heterocycles. The van der Waals surface area contributed by atoms with Gasteiger partial charge in [0.05, 0.1) is 41.2 Å². The van der Waals surface area contributed by atoms with Gasteiger partial charge in [-0.15, -0.1) is 0 Å². The van der Waals surface area contributed by atoms with Crippen LogP contribution in [0.5, 0.6) is 0 Å². The van der Waals surface area contributed by atoms with Crippen molar-refractivity contribution in [3.8, 4) is 33.8 Å². The zero-order valence-electron chi connectivity index (χ0n) is 25.5. The number of sulfonamides is 1. The lowest BCUT2D eigenvalue weighted by molar-refractivity contribution is -0.117. The number of piperidine rings is 1. The summed E-state index contributed by atoms with van der Waals surface area (Å²) in [5.74, 6) is -0.127. The average Bonchev–Trinajstić information content (AvgIpc) is 3.68. The zero-order chi connectivity index (χ0) is 32.5. The molecule has 0 radical (unpaired) electrons. The smallest absolute Gasteiger partial charge is 0.224 e. The van der Waals surface area contributed by atoms with E-state index in [1.807, 2.05) is 18.2 Å². The van der Waals surface area contributed by atoms with Crippen molar-refractivity contribution >= 4 is 43.6 Å². The average molecular weight is 654 g/mol. The van der Waals surface area contributed by atoms with E-state index in [2.05, 4.69) is 45.5 Å². The molecule has 7 rings (SSSR count). The maximum atomic E-state index is 14.6. The number of pyridine rings is 3. The van der Waals surface area contributed by atoms with Crippen LogP contribution in [0.1, 0.15) is 24.8 Å². The fourth-order valence-corrected chi connectivity index (χ4v) is 6.45. The summed E-state index contributed by atoms with van der Waals surface area (Å²) in [6, 6.07) is 11.9. The number of carbonyl (C=O) groups is 1. The topological polar surface area (TPSA) is 170 Å². The van der Waals surface area contributed by atoms with Crippen LogP contribution < -0.4 is 15.4 Å². The summed E-state index contributed by atoms with van der Waals surface area (Å²) in [7, 11) is -3.44. The number of carbonyl (C=O) groups excluding carboxylic acids is 1. The highest BCUT2D eigenvalue weighted by atomic mass is 32.2. The molecule has 14 heteroatoms. The number of amides is 1. The zero-order valence-corrected chi connectivity index (χ0v) is 26.3. The number of nitrogens with zero attached hydrogens (tertiary/aromatic N) is 4. The Hall–Kier alpha value is -5.05. The van der Waals surface area contributed by atoms with Crippen molar-refractivity contribution < 1.29 is 17.6 Å². The predicted molar refractivity (Wildman–Crippen MR) is 178 cm³/mol. The number of fused-ring (bicyclic) bond motifs is 2. The first-order valence-corrected chi connectivity index (χ1v) is 17.1. The third-order valence-electron chi connectivity index (χ3n) is 8.29. The molecule has 240 valence electrons. The van der Waals surface area contributed by atoms with Gasteiger partial charge in [-0.1, -0.05) is 0 Å². The van der Waals surface area contributed by atoms with E-state index < -0.39 is 15.8 Å². The molecule has 0 saturated carbocycles. The van der Waals surface area contributed by atoms with Gasteiger partial charge in [0.2, 0.25) is 15.9 Å². The second-order valence-electron chi connectivity index (χ2n) is 11.8. The molecule has 1 aliphatic rings. The molecule has 6 aromatic rings. The standard InChI is InChI=1S/C33H32FN9O3S/c1-47(45,46)39-15-20-8-21(11-23(34)9-20)25-4-7-37-33-26(25)13-29(41-33)32-27-14-28(38-18-30(27)42-43-32)22-12-24(17-36-16-22)40-31(44)10-19-2-5-35-6-3-19/h4,7-9,11-14,16-19,35,39H,2-3,5-6,10,15H2,1H3,(H,37,41)(H,40,44)(H,42,43). The molecule has 0 atom stereocenters. The van der Waals surface area contributed by atoms with E-state index >= 15 is 0 Å². The second-order valence-corrected chi connectivity index (χ2v) is 13.7. The van der Waals surface area contributed by atoms with Gasteiger partial charge in [-0.05, 0) is 91.0 Å². The van der Waals surface area contributed by atoms with E-state index in [-0.39, 0.29) is 12.5 Å². The molecule has 1 fully saturated rings. The van der Waals surface area contributed by atoms with E-state index in [4.69, 9.17) is 0 Å². The normalized spacial score (nSPS) is 14.2. The fourth-order valence-electron chi connectivity index (χ4n) is 6.02. The molecule has 0 aliphatic carbocycles. The molecule has 12 nitrogen and oxygen atoms in total.